The number of nitrogens with zero attached hydrogens (tertiary/aromatic N) is 1. The van der Waals surface area contributed by atoms with Crippen LogP contribution in [-0.2, 0) is 16.1 Å². The van der Waals surface area contributed by atoms with Gasteiger partial charge in [-0.1, -0.05) is 18.2 Å². The molecule has 2 amide bonds. The van der Waals surface area contributed by atoms with E-state index < -0.39 is 11.8 Å². The highest BCUT2D eigenvalue weighted by molar-refractivity contribution is 5.97. The molecule has 27 heavy (non-hydrogen) atoms. The van der Waals surface area contributed by atoms with Crippen LogP contribution < -0.4 is 10.6 Å². The average Bonchev–Trinajstić information content (AvgIpc) is 3.30. The summed E-state index contributed by atoms with van der Waals surface area (Å²) in [6.07, 6.45) is 6.56. The van der Waals surface area contributed by atoms with Crippen molar-refractivity contribution in [2.45, 2.75) is 13.0 Å². The predicted octanol–water partition coefficient (Wildman–Crippen LogP) is 2.91. The Morgan fingerprint density at radius 2 is 1.70 bits per heavy atom. The summed E-state index contributed by atoms with van der Waals surface area (Å²) in [4.78, 5) is 29.9. The Morgan fingerprint density at radius 1 is 1.00 bits per heavy atom. The van der Waals surface area contributed by atoms with E-state index in [1.54, 1.807) is 6.20 Å². The van der Waals surface area contributed by atoms with Crippen LogP contribution >= 0.6 is 0 Å². The molecule has 2 aliphatic rings. The van der Waals surface area contributed by atoms with E-state index in [0.29, 0.717) is 12.2 Å². The normalized spacial score (nSPS) is 25.4. The summed E-state index contributed by atoms with van der Waals surface area (Å²) in [6, 6.07) is 11.2. The van der Waals surface area contributed by atoms with E-state index in [9.17, 15) is 14.0 Å². The maximum absolute atomic E-state index is 13.1. The van der Waals surface area contributed by atoms with Crippen molar-refractivity contribution in [3.05, 3.63) is 72.3 Å². The lowest BCUT2D eigenvalue weighted by Gasteiger charge is -2.26. The van der Waals surface area contributed by atoms with E-state index in [-0.39, 0.29) is 29.5 Å². The van der Waals surface area contributed by atoms with Gasteiger partial charge in [0.2, 0.25) is 11.8 Å². The molecule has 1 heterocycles. The van der Waals surface area contributed by atoms with Crippen molar-refractivity contribution in [1.82, 2.24) is 10.3 Å². The van der Waals surface area contributed by atoms with Gasteiger partial charge < -0.3 is 10.6 Å². The highest BCUT2D eigenvalue weighted by atomic mass is 19.1. The SMILES string of the molecule is O=C(NCc1ccccn1)[C@@H]1[C@H](C(=O)Nc2ccc(F)cc2)[C@H]2C=C[C@@H]1C2. The Hall–Kier alpha value is -3.02. The van der Waals surface area contributed by atoms with Gasteiger partial charge >= 0.3 is 0 Å². The van der Waals surface area contributed by atoms with E-state index >= 15 is 0 Å². The molecule has 2 aromatic rings. The molecule has 0 aliphatic heterocycles. The Kier molecular flexibility index (Phi) is 4.71. The number of benzene rings is 1. The van der Waals surface area contributed by atoms with Gasteiger partial charge in [-0.3, -0.25) is 14.6 Å². The summed E-state index contributed by atoms with van der Waals surface area (Å²) in [7, 11) is 0. The van der Waals surface area contributed by atoms with Crippen LogP contribution in [0.15, 0.2) is 60.8 Å². The quantitative estimate of drug-likeness (QED) is 0.801. The minimum absolute atomic E-state index is 0.0565. The third-order valence-electron chi connectivity index (χ3n) is 5.35. The Bertz CT molecular complexity index is 867. The molecule has 4 atom stereocenters. The fourth-order valence-electron chi connectivity index (χ4n) is 4.09. The molecular formula is C21H20FN3O2. The summed E-state index contributed by atoms with van der Waals surface area (Å²) in [6.45, 7) is 0.337. The zero-order valence-electron chi connectivity index (χ0n) is 14.6. The first-order valence-corrected chi connectivity index (χ1v) is 9.04. The molecule has 1 aromatic carbocycles. The van der Waals surface area contributed by atoms with E-state index in [1.165, 1.54) is 24.3 Å². The molecule has 0 saturated heterocycles. The summed E-state index contributed by atoms with van der Waals surface area (Å²) in [5.74, 6) is -1.38. The molecule has 2 aliphatic carbocycles. The Labute approximate surface area is 156 Å². The van der Waals surface area contributed by atoms with Gasteiger partial charge in [0, 0.05) is 11.9 Å². The van der Waals surface area contributed by atoms with E-state index in [2.05, 4.69) is 15.6 Å². The minimum Gasteiger partial charge on any atom is -0.350 e. The van der Waals surface area contributed by atoms with Crippen molar-refractivity contribution < 1.29 is 14.0 Å². The number of aromatic nitrogens is 1. The van der Waals surface area contributed by atoms with Crippen LogP contribution in [0.5, 0.6) is 0 Å². The number of hydrogen-bond acceptors (Lipinski definition) is 3. The van der Waals surface area contributed by atoms with E-state index in [1.807, 2.05) is 30.4 Å². The summed E-state index contributed by atoms with van der Waals surface area (Å²) < 4.78 is 13.1. The van der Waals surface area contributed by atoms with Crippen molar-refractivity contribution in [1.29, 1.82) is 0 Å². The van der Waals surface area contributed by atoms with Crippen LogP contribution in [0.2, 0.25) is 0 Å². The van der Waals surface area contributed by atoms with Gasteiger partial charge in [0.25, 0.3) is 0 Å². The smallest absolute Gasteiger partial charge is 0.228 e. The zero-order chi connectivity index (χ0) is 18.8. The molecule has 4 rings (SSSR count). The van der Waals surface area contributed by atoms with Gasteiger partial charge in [-0.15, -0.1) is 0 Å². The van der Waals surface area contributed by atoms with Crippen molar-refractivity contribution >= 4 is 17.5 Å². The summed E-state index contributed by atoms with van der Waals surface area (Å²) >= 11 is 0. The second-order valence-electron chi connectivity index (χ2n) is 7.03. The van der Waals surface area contributed by atoms with Gasteiger partial charge in [0.05, 0.1) is 24.1 Å². The van der Waals surface area contributed by atoms with Crippen LogP contribution in [0.25, 0.3) is 0 Å². The topological polar surface area (TPSA) is 71.1 Å². The van der Waals surface area contributed by atoms with Crippen molar-refractivity contribution in [3.8, 4) is 0 Å². The third-order valence-corrected chi connectivity index (χ3v) is 5.35. The summed E-state index contributed by atoms with van der Waals surface area (Å²) in [5, 5.41) is 5.74. The number of fused-ring (bicyclic) bond motifs is 2. The molecule has 6 heteroatoms. The van der Waals surface area contributed by atoms with Crippen molar-refractivity contribution in [2.75, 3.05) is 5.32 Å². The number of carbonyl (C=O) groups excluding carboxylic acids is 2. The number of nitrogens with one attached hydrogen (secondary N) is 2. The molecule has 1 saturated carbocycles. The molecular weight excluding hydrogens is 345 g/mol. The molecule has 2 N–H and O–H groups in total. The fourth-order valence-corrected chi connectivity index (χ4v) is 4.09. The zero-order valence-corrected chi connectivity index (χ0v) is 14.6. The number of hydrogen-bond donors (Lipinski definition) is 2. The van der Waals surface area contributed by atoms with E-state index in [0.717, 1.165) is 12.1 Å². The molecule has 1 aromatic heterocycles. The highest BCUT2D eigenvalue weighted by Crippen LogP contribution is 2.48. The number of amides is 2. The lowest BCUT2D eigenvalue weighted by atomic mass is 9.81. The Morgan fingerprint density at radius 3 is 2.37 bits per heavy atom. The number of allylic oxidation sites excluding steroid dienone is 2. The molecule has 2 bridgehead atoms. The molecule has 0 radical (unpaired) electrons. The number of anilines is 1. The summed E-state index contributed by atoms with van der Waals surface area (Å²) in [5.41, 5.74) is 1.30. The monoisotopic (exact) mass is 365 g/mol. The Balaban J connectivity index is 1.45. The van der Waals surface area contributed by atoms with Crippen LogP contribution in [-0.4, -0.2) is 16.8 Å². The van der Waals surface area contributed by atoms with Gasteiger partial charge in [0.1, 0.15) is 5.82 Å². The lowest BCUT2D eigenvalue weighted by Crippen LogP contribution is -2.41. The second kappa shape index (κ2) is 7.31. The number of pyridine rings is 1. The van der Waals surface area contributed by atoms with Gasteiger partial charge in [-0.05, 0) is 54.7 Å². The van der Waals surface area contributed by atoms with Gasteiger partial charge in [-0.25, -0.2) is 4.39 Å². The molecule has 5 nitrogen and oxygen atoms in total. The molecule has 0 unspecified atom stereocenters. The second-order valence-corrected chi connectivity index (χ2v) is 7.03. The first-order chi connectivity index (χ1) is 13.1. The van der Waals surface area contributed by atoms with E-state index in [4.69, 9.17) is 0 Å². The van der Waals surface area contributed by atoms with Crippen LogP contribution in [0.1, 0.15) is 12.1 Å². The van der Waals surface area contributed by atoms with Gasteiger partial charge in [-0.2, -0.15) is 0 Å². The van der Waals surface area contributed by atoms with Crippen LogP contribution in [0.3, 0.4) is 0 Å². The molecule has 0 spiro atoms. The first kappa shape index (κ1) is 17.4. The number of halogens is 1. The van der Waals surface area contributed by atoms with Crippen molar-refractivity contribution in [2.24, 2.45) is 23.7 Å². The van der Waals surface area contributed by atoms with Crippen molar-refractivity contribution in [3.63, 3.8) is 0 Å². The number of rotatable bonds is 5. The maximum atomic E-state index is 13.1. The molecule has 138 valence electrons. The largest absolute Gasteiger partial charge is 0.350 e. The molecule has 1 fully saturated rings. The maximum Gasteiger partial charge on any atom is 0.228 e. The highest BCUT2D eigenvalue weighted by Gasteiger charge is 2.51. The standard InChI is InChI=1S/C21H20FN3O2/c22-15-6-8-16(9-7-15)25-21(27)19-14-5-4-13(11-14)18(19)20(26)24-12-17-3-1-2-10-23-17/h1-10,13-14,18-19H,11-12H2,(H,24,26)(H,25,27)/t13-,14+,18+,19-/m1/s1. The van der Waals surface area contributed by atoms with Crippen LogP contribution in [0.4, 0.5) is 10.1 Å². The van der Waals surface area contributed by atoms with Gasteiger partial charge in [0.15, 0.2) is 0 Å². The fraction of sp³-hybridized carbons (Fsp3) is 0.286. The minimum atomic E-state index is -0.422. The lowest BCUT2D eigenvalue weighted by molar-refractivity contribution is -0.133. The third kappa shape index (κ3) is 3.60. The average molecular weight is 365 g/mol. The first-order valence-electron chi connectivity index (χ1n) is 9.04. The number of carbonyl (C=O) groups is 2. The predicted molar refractivity (Wildman–Crippen MR) is 98.8 cm³/mol. The van der Waals surface area contributed by atoms with Crippen LogP contribution in [0, 0.1) is 29.5 Å².